The largest absolute Gasteiger partial charge is 0.393 e. The second-order valence-corrected chi connectivity index (χ2v) is 9.12. The van der Waals surface area contributed by atoms with Gasteiger partial charge in [-0.15, -0.1) is 11.8 Å². The molecule has 1 aromatic carbocycles. The van der Waals surface area contributed by atoms with Crippen molar-refractivity contribution < 1.29 is 19.4 Å². The summed E-state index contributed by atoms with van der Waals surface area (Å²) in [5.74, 6) is 0.966. The predicted molar refractivity (Wildman–Crippen MR) is 125 cm³/mol. The molecule has 2 aromatic rings. The Kier molecular flexibility index (Phi) is 7.02. The number of amides is 1. The standard InChI is InChI=1S/C22H28FN5O3S/c1-28-12-32-20-7-14(5-6-18(20)28)26-21-8-17(27-16-3-2-4-19(16)30)15(10-24-21)22(31)25-9-13(23)11-29/h5-8,10,13,16,19,29-30H,2-4,9,11-12H2,1H3,(H,25,31)(H2,24,26,27)/t13-,16?,19?/m1/s1. The highest BCUT2D eigenvalue weighted by molar-refractivity contribution is 7.99. The number of carbonyl (C=O) groups excluding carboxylic acids is 1. The molecule has 3 atom stereocenters. The first kappa shape index (κ1) is 22.6. The van der Waals surface area contributed by atoms with Crippen molar-refractivity contribution in [1.82, 2.24) is 10.3 Å². The molecular weight excluding hydrogens is 433 g/mol. The Labute approximate surface area is 190 Å². The van der Waals surface area contributed by atoms with Gasteiger partial charge in [0.25, 0.3) is 5.91 Å². The Balaban J connectivity index is 1.55. The summed E-state index contributed by atoms with van der Waals surface area (Å²) in [6.07, 6.45) is 1.81. The van der Waals surface area contributed by atoms with E-state index in [2.05, 4.69) is 45.0 Å². The van der Waals surface area contributed by atoms with Crippen LogP contribution in [-0.2, 0) is 0 Å². The number of hydrogen-bond acceptors (Lipinski definition) is 8. The molecule has 1 fully saturated rings. The van der Waals surface area contributed by atoms with Crippen molar-refractivity contribution in [2.45, 2.75) is 42.5 Å². The van der Waals surface area contributed by atoms with Crippen molar-refractivity contribution in [2.75, 3.05) is 41.6 Å². The molecule has 172 valence electrons. The Hall–Kier alpha value is -2.56. The van der Waals surface area contributed by atoms with Crippen molar-refractivity contribution in [1.29, 1.82) is 0 Å². The van der Waals surface area contributed by atoms with Crippen LogP contribution >= 0.6 is 11.8 Å². The lowest BCUT2D eigenvalue weighted by atomic mass is 10.1. The fourth-order valence-corrected chi connectivity index (χ4v) is 4.96. The first-order chi connectivity index (χ1) is 15.4. The summed E-state index contributed by atoms with van der Waals surface area (Å²) in [6, 6.07) is 7.66. The van der Waals surface area contributed by atoms with Crippen LogP contribution in [0, 0.1) is 0 Å². The van der Waals surface area contributed by atoms with E-state index in [0.717, 1.165) is 24.4 Å². The highest BCUT2D eigenvalue weighted by Crippen LogP contribution is 2.39. The van der Waals surface area contributed by atoms with Crippen molar-refractivity contribution in [2.24, 2.45) is 0 Å². The lowest BCUT2D eigenvalue weighted by molar-refractivity contribution is 0.0928. The molecule has 2 unspecified atom stereocenters. The molecular formula is C22H28FN5O3S. The van der Waals surface area contributed by atoms with Gasteiger partial charge in [-0.2, -0.15) is 0 Å². The van der Waals surface area contributed by atoms with E-state index in [1.807, 2.05) is 6.07 Å². The number of halogens is 1. The van der Waals surface area contributed by atoms with E-state index in [0.29, 0.717) is 17.9 Å². The minimum Gasteiger partial charge on any atom is -0.393 e. The maximum atomic E-state index is 13.4. The summed E-state index contributed by atoms with van der Waals surface area (Å²) in [7, 11) is 2.05. The van der Waals surface area contributed by atoms with Gasteiger partial charge < -0.3 is 31.1 Å². The van der Waals surface area contributed by atoms with Crippen LogP contribution in [0.5, 0.6) is 0 Å². The number of alkyl halides is 1. The zero-order valence-corrected chi connectivity index (χ0v) is 18.7. The van der Waals surface area contributed by atoms with Crippen molar-refractivity contribution >= 4 is 40.5 Å². The minimum atomic E-state index is -1.53. The normalized spacial score (nSPS) is 20.7. The maximum Gasteiger partial charge on any atom is 0.255 e. The topological polar surface area (TPSA) is 110 Å². The summed E-state index contributed by atoms with van der Waals surface area (Å²) < 4.78 is 13.4. The number of aliphatic hydroxyl groups is 2. The van der Waals surface area contributed by atoms with Gasteiger partial charge in [0.05, 0.1) is 48.1 Å². The van der Waals surface area contributed by atoms with E-state index in [9.17, 15) is 14.3 Å². The number of rotatable bonds is 8. The average Bonchev–Trinajstić information content (AvgIpc) is 3.37. The van der Waals surface area contributed by atoms with E-state index >= 15 is 0 Å². The van der Waals surface area contributed by atoms with Gasteiger partial charge >= 0.3 is 0 Å². The molecule has 2 aliphatic rings. The van der Waals surface area contributed by atoms with Crippen LogP contribution in [0.15, 0.2) is 35.4 Å². The van der Waals surface area contributed by atoms with Crippen molar-refractivity contribution in [3.05, 3.63) is 36.0 Å². The van der Waals surface area contributed by atoms with Gasteiger partial charge in [0, 0.05) is 29.9 Å². The van der Waals surface area contributed by atoms with Crippen molar-refractivity contribution in [3.63, 3.8) is 0 Å². The molecule has 0 saturated heterocycles. The third-order valence-electron chi connectivity index (χ3n) is 5.71. The number of pyridine rings is 1. The molecule has 5 N–H and O–H groups in total. The third-order valence-corrected chi connectivity index (χ3v) is 6.86. The Morgan fingerprint density at radius 1 is 1.38 bits per heavy atom. The highest BCUT2D eigenvalue weighted by Gasteiger charge is 2.27. The first-order valence-corrected chi connectivity index (χ1v) is 11.7. The number of thioether (sulfide) groups is 1. The Morgan fingerprint density at radius 3 is 2.97 bits per heavy atom. The van der Waals surface area contributed by atoms with E-state index < -0.39 is 24.8 Å². The maximum absolute atomic E-state index is 13.4. The van der Waals surface area contributed by atoms with Crippen LogP contribution < -0.4 is 20.9 Å². The number of aromatic nitrogens is 1. The number of aliphatic hydroxyl groups excluding tert-OH is 2. The van der Waals surface area contributed by atoms with Gasteiger partial charge in [0.1, 0.15) is 12.0 Å². The first-order valence-electron chi connectivity index (χ1n) is 10.7. The lowest BCUT2D eigenvalue weighted by Gasteiger charge is -2.21. The average molecular weight is 462 g/mol. The smallest absolute Gasteiger partial charge is 0.255 e. The number of anilines is 4. The van der Waals surface area contributed by atoms with E-state index in [1.165, 1.54) is 16.8 Å². The van der Waals surface area contributed by atoms with Crippen LogP contribution in [-0.4, -0.2) is 65.5 Å². The second kappa shape index (κ2) is 9.93. The van der Waals surface area contributed by atoms with Gasteiger partial charge in [-0.3, -0.25) is 4.79 Å². The molecule has 0 bridgehead atoms. The summed E-state index contributed by atoms with van der Waals surface area (Å²) in [6.45, 7) is -0.947. The quantitative estimate of drug-likeness (QED) is 0.408. The SMILES string of the molecule is CN1CSc2cc(Nc3cc(NC4CCCC4O)c(C(=O)NC[C@@H](F)CO)cn3)ccc21. The van der Waals surface area contributed by atoms with Gasteiger partial charge in [0.2, 0.25) is 0 Å². The summed E-state index contributed by atoms with van der Waals surface area (Å²) in [5.41, 5.74) is 2.84. The Morgan fingerprint density at radius 2 is 2.22 bits per heavy atom. The molecule has 0 spiro atoms. The molecule has 1 saturated carbocycles. The van der Waals surface area contributed by atoms with E-state index in [-0.39, 0.29) is 18.2 Å². The van der Waals surface area contributed by atoms with E-state index in [1.54, 1.807) is 17.8 Å². The zero-order chi connectivity index (χ0) is 22.7. The molecule has 1 aliphatic carbocycles. The van der Waals surface area contributed by atoms with Crippen LogP contribution in [0.2, 0.25) is 0 Å². The minimum absolute atomic E-state index is 0.171. The molecule has 32 heavy (non-hydrogen) atoms. The zero-order valence-electron chi connectivity index (χ0n) is 17.8. The van der Waals surface area contributed by atoms with Gasteiger partial charge in [-0.1, -0.05) is 0 Å². The van der Waals surface area contributed by atoms with Crippen LogP contribution in [0.25, 0.3) is 0 Å². The molecule has 1 aromatic heterocycles. The number of benzene rings is 1. The van der Waals surface area contributed by atoms with Crippen LogP contribution in [0.1, 0.15) is 29.6 Å². The third kappa shape index (κ3) is 5.08. The number of fused-ring (bicyclic) bond motifs is 1. The fourth-order valence-electron chi connectivity index (χ4n) is 3.90. The van der Waals surface area contributed by atoms with E-state index in [4.69, 9.17) is 5.11 Å². The second-order valence-electron chi connectivity index (χ2n) is 8.13. The number of carbonyl (C=O) groups is 1. The molecule has 1 aliphatic heterocycles. The molecule has 8 nitrogen and oxygen atoms in total. The van der Waals surface area contributed by atoms with Crippen LogP contribution in [0.3, 0.4) is 0 Å². The number of nitrogens with zero attached hydrogens (tertiary/aromatic N) is 2. The predicted octanol–water partition coefficient (Wildman–Crippen LogP) is 2.71. The summed E-state index contributed by atoms with van der Waals surface area (Å²) >= 11 is 1.77. The summed E-state index contributed by atoms with van der Waals surface area (Å²) in [4.78, 5) is 20.4. The molecule has 1 amide bonds. The van der Waals surface area contributed by atoms with Crippen molar-refractivity contribution in [3.8, 4) is 0 Å². The lowest BCUT2D eigenvalue weighted by Crippen LogP contribution is -2.33. The highest BCUT2D eigenvalue weighted by atomic mass is 32.2. The van der Waals surface area contributed by atoms with Gasteiger partial charge in [0.15, 0.2) is 0 Å². The molecule has 4 rings (SSSR count). The fraction of sp³-hybridized carbons (Fsp3) is 0.455. The van der Waals surface area contributed by atoms with Gasteiger partial charge in [-0.25, -0.2) is 9.37 Å². The molecule has 2 heterocycles. The van der Waals surface area contributed by atoms with Gasteiger partial charge in [-0.05, 0) is 37.5 Å². The molecule has 10 heteroatoms. The number of nitrogens with one attached hydrogen (secondary N) is 3. The summed E-state index contributed by atoms with van der Waals surface area (Å²) in [5, 5.41) is 28.1. The molecule has 0 radical (unpaired) electrons. The number of hydrogen-bond donors (Lipinski definition) is 5. The van der Waals surface area contributed by atoms with Crippen LogP contribution in [0.4, 0.5) is 27.3 Å². The monoisotopic (exact) mass is 461 g/mol. The Bertz CT molecular complexity index is 979.